The molecular formula is C15H17N5. The van der Waals surface area contributed by atoms with Gasteiger partial charge in [0.25, 0.3) is 0 Å². The van der Waals surface area contributed by atoms with Gasteiger partial charge in [-0.25, -0.2) is 0 Å². The minimum Gasteiger partial charge on any atom is -0.353 e. The number of anilines is 1. The van der Waals surface area contributed by atoms with Gasteiger partial charge in [0.2, 0.25) is 5.69 Å². The van der Waals surface area contributed by atoms with Crippen LogP contribution in [0.2, 0.25) is 0 Å². The molecular weight excluding hydrogens is 250 g/mol. The maximum atomic E-state index is 9.26. The molecule has 1 saturated heterocycles. The Morgan fingerprint density at radius 3 is 2.40 bits per heavy atom. The molecule has 0 atom stereocenters. The molecule has 1 aromatic heterocycles. The summed E-state index contributed by atoms with van der Waals surface area (Å²) in [5, 5.41) is 18.1. The molecule has 1 fully saturated rings. The fourth-order valence-electron chi connectivity index (χ4n) is 2.48. The smallest absolute Gasteiger partial charge is 0.207 e. The van der Waals surface area contributed by atoms with E-state index in [1.807, 2.05) is 31.2 Å². The van der Waals surface area contributed by atoms with E-state index in [1.54, 1.807) is 4.80 Å². The number of nitrogens with zero attached hydrogens (tertiary/aromatic N) is 5. The minimum absolute atomic E-state index is 0.410. The Morgan fingerprint density at radius 2 is 1.75 bits per heavy atom. The van der Waals surface area contributed by atoms with Gasteiger partial charge in [-0.15, -0.1) is 15.0 Å². The lowest BCUT2D eigenvalue weighted by Gasteiger charge is -2.26. The normalized spacial score (nSPS) is 15.1. The highest BCUT2D eigenvalue weighted by Gasteiger charge is 2.20. The molecule has 20 heavy (non-hydrogen) atoms. The predicted octanol–water partition coefficient (Wildman–Crippen LogP) is 2.44. The van der Waals surface area contributed by atoms with Crippen molar-refractivity contribution in [2.24, 2.45) is 0 Å². The van der Waals surface area contributed by atoms with E-state index in [-0.39, 0.29) is 0 Å². The molecule has 5 nitrogen and oxygen atoms in total. The van der Waals surface area contributed by atoms with Crippen LogP contribution in [-0.2, 0) is 0 Å². The second kappa shape index (κ2) is 5.33. The monoisotopic (exact) mass is 267 g/mol. The molecule has 0 unspecified atom stereocenters. The third-order valence-corrected chi connectivity index (χ3v) is 3.62. The van der Waals surface area contributed by atoms with E-state index in [1.165, 1.54) is 12.0 Å². The van der Waals surface area contributed by atoms with Crippen molar-refractivity contribution >= 4 is 5.82 Å². The maximum absolute atomic E-state index is 9.26. The SMILES string of the molecule is Cc1ccc(-n2nc(C#N)c(N3CCCCC3)n2)cc1. The van der Waals surface area contributed by atoms with Crippen molar-refractivity contribution in [2.75, 3.05) is 18.0 Å². The van der Waals surface area contributed by atoms with Gasteiger partial charge in [0.1, 0.15) is 6.07 Å². The number of benzene rings is 1. The summed E-state index contributed by atoms with van der Waals surface area (Å²) in [6.45, 7) is 3.96. The highest BCUT2D eigenvalue weighted by molar-refractivity contribution is 5.50. The summed E-state index contributed by atoms with van der Waals surface area (Å²) in [6.07, 6.45) is 3.56. The molecule has 0 spiro atoms. The van der Waals surface area contributed by atoms with Crippen LogP contribution in [-0.4, -0.2) is 28.1 Å². The number of hydrogen-bond donors (Lipinski definition) is 0. The summed E-state index contributed by atoms with van der Waals surface area (Å²) < 4.78 is 0. The lowest BCUT2D eigenvalue weighted by molar-refractivity contribution is 0.571. The first-order chi connectivity index (χ1) is 9.78. The van der Waals surface area contributed by atoms with Gasteiger partial charge in [0, 0.05) is 13.1 Å². The molecule has 2 aromatic rings. The first-order valence-electron chi connectivity index (χ1n) is 6.97. The molecule has 0 amide bonds. The Balaban J connectivity index is 1.96. The zero-order valence-electron chi connectivity index (χ0n) is 11.6. The molecule has 2 heterocycles. The van der Waals surface area contributed by atoms with E-state index >= 15 is 0 Å². The van der Waals surface area contributed by atoms with Gasteiger partial charge in [-0.2, -0.15) is 5.26 Å². The van der Waals surface area contributed by atoms with Crippen LogP contribution in [0.1, 0.15) is 30.5 Å². The molecule has 1 aliphatic rings. The van der Waals surface area contributed by atoms with Gasteiger partial charge < -0.3 is 4.90 Å². The number of rotatable bonds is 2. The zero-order valence-corrected chi connectivity index (χ0v) is 11.6. The summed E-state index contributed by atoms with van der Waals surface area (Å²) in [4.78, 5) is 3.72. The molecule has 0 aliphatic carbocycles. The Morgan fingerprint density at radius 1 is 1.05 bits per heavy atom. The summed E-state index contributed by atoms with van der Waals surface area (Å²) in [7, 11) is 0. The minimum atomic E-state index is 0.410. The van der Waals surface area contributed by atoms with Crippen LogP contribution in [0, 0.1) is 18.3 Å². The highest BCUT2D eigenvalue weighted by atomic mass is 15.5. The fraction of sp³-hybridized carbons (Fsp3) is 0.400. The van der Waals surface area contributed by atoms with Gasteiger partial charge in [-0.3, -0.25) is 0 Å². The molecule has 3 rings (SSSR count). The van der Waals surface area contributed by atoms with Gasteiger partial charge in [0.15, 0.2) is 5.82 Å². The number of hydrogen-bond acceptors (Lipinski definition) is 4. The number of aryl methyl sites for hydroxylation is 1. The standard InChI is InChI=1S/C15H17N5/c1-12-5-7-13(8-6-12)20-17-14(11-16)15(18-20)19-9-3-2-4-10-19/h5-8H,2-4,9-10H2,1H3. The average Bonchev–Trinajstić information content (AvgIpc) is 2.93. The van der Waals surface area contributed by atoms with Crippen molar-refractivity contribution in [1.82, 2.24) is 15.0 Å². The van der Waals surface area contributed by atoms with Gasteiger partial charge >= 0.3 is 0 Å². The van der Waals surface area contributed by atoms with Crippen molar-refractivity contribution in [3.8, 4) is 11.8 Å². The second-order valence-corrected chi connectivity index (χ2v) is 5.16. The van der Waals surface area contributed by atoms with Crippen LogP contribution < -0.4 is 4.90 Å². The second-order valence-electron chi connectivity index (χ2n) is 5.16. The van der Waals surface area contributed by atoms with Crippen LogP contribution in [0.5, 0.6) is 0 Å². The summed E-state index contributed by atoms with van der Waals surface area (Å²) >= 11 is 0. The van der Waals surface area contributed by atoms with Gasteiger partial charge in [-0.1, -0.05) is 17.7 Å². The average molecular weight is 267 g/mol. The molecule has 1 aromatic carbocycles. The predicted molar refractivity (Wildman–Crippen MR) is 76.9 cm³/mol. The maximum Gasteiger partial charge on any atom is 0.207 e. The van der Waals surface area contributed by atoms with Crippen molar-refractivity contribution in [2.45, 2.75) is 26.2 Å². The zero-order chi connectivity index (χ0) is 13.9. The van der Waals surface area contributed by atoms with Crippen molar-refractivity contribution in [3.05, 3.63) is 35.5 Å². The van der Waals surface area contributed by atoms with Crippen molar-refractivity contribution < 1.29 is 0 Å². The van der Waals surface area contributed by atoms with Crippen LogP contribution in [0.25, 0.3) is 5.69 Å². The van der Waals surface area contributed by atoms with E-state index < -0.39 is 0 Å². The summed E-state index contributed by atoms with van der Waals surface area (Å²) in [6, 6.07) is 10.1. The van der Waals surface area contributed by atoms with E-state index in [0.29, 0.717) is 11.5 Å². The summed E-state index contributed by atoms with van der Waals surface area (Å²) in [5.74, 6) is 0.716. The molecule has 0 radical (unpaired) electrons. The van der Waals surface area contributed by atoms with E-state index in [9.17, 15) is 5.26 Å². The Kier molecular flexibility index (Phi) is 3.38. The van der Waals surface area contributed by atoms with E-state index in [0.717, 1.165) is 31.6 Å². The molecule has 0 saturated carbocycles. The Bertz CT molecular complexity index is 629. The third kappa shape index (κ3) is 2.37. The number of aromatic nitrogens is 3. The number of piperidine rings is 1. The Hall–Kier alpha value is -2.35. The topological polar surface area (TPSA) is 57.7 Å². The molecule has 1 aliphatic heterocycles. The molecule has 0 bridgehead atoms. The fourth-order valence-corrected chi connectivity index (χ4v) is 2.48. The highest BCUT2D eigenvalue weighted by Crippen LogP contribution is 2.21. The van der Waals surface area contributed by atoms with Crippen molar-refractivity contribution in [1.29, 1.82) is 5.26 Å². The Labute approximate surface area is 118 Å². The first kappa shape index (κ1) is 12.7. The molecule has 102 valence electrons. The first-order valence-corrected chi connectivity index (χ1v) is 6.97. The quantitative estimate of drug-likeness (QED) is 0.838. The number of nitriles is 1. The van der Waals surface area contributed by atoms with Gasteiger partial charge in [0.05, 0.1) is 5.69 Å². The molecule has 0 N–H and O–H groups in total. The van der Waals surface area contributed by atoms with Crippen LogP contribution in [0.15, 0.2) is 24.3 Å². The van der Waals surface area contributed by atoms with Crippen LogP contribution in [0.3, 0.4) is 0 Å². The van der Waals surface area contributed by atoms with E-state index in [2.05, 4.69) is 21.2 Å². The van der Waals surface area contributed by atoms with Gasteiger partial charge in [-0.05, 0) is 38.3 Å². The largest absolute Gasteiger partial charge is 0.353 e. The summed E-state index contributed by atoms with van der Waals surface area (Å²) in [5.41, 5.74) is 2.49. The van der Waals surface area contributed by atoms with Crippen LogP contribution >= 0.6 is 0 Å². The van der Waals surface area contributed by atoms with E-state index in [4.69, 9.17) is 0 Å². The lowest BCUT2D eigenvalue weighted by atomic mass is 10.1. The lowest BCUT2D eigenvalue weighted by Crippen LogP contribution is -2.30. The molecule has 5 heteroatoms. The third-order valence-electron chi connectivity index (χ3n) is 3.62. The van der Waals surface area contributed by atoms with Crippen molar-refractivity contribution in [3.63, 3.8) is 0 Å². The van der Waals surface area contributed by atoms with Crippen LogP contribution in [0.4, 0.5) is 5.82 Å².